The Balaban J connectivity index is -0.00000000296. The maximum Gasteiger partial charge on any atom is 0.0402 e. The maximum atomic E-state index is 7.57. The van der Waals surface area contributed by atoms with Crippen LogP contribution in [0.4, 0.5) is 0 Å². The van der Waals surface area contributed by atoms with Crippen molar-refractivity contribution in [2.24, 2.45) is 0 Å². The topological polar surface area (TPSA) is 166 Å². The van der Waals surface area contributed by atoms with Crippen LogP contribution in [0.25, 0.3) is 0 Å². The first-order valence-corrected chi connectivity index (χ1v) is 2.05. The van der Waals surface area contributed by atoms with E-state index >= 15 is 0 Å². The second-order valence-corrected chi connectivity index (χ2v) is 0.632. The Morgan fingerprint density at radius 2 is 0.667 bits per heavy atom. The molecular weight excluding hydrogens is 326 g/mol. The van der Waals surface area contributed by atoms with Crippen LogP contribution in [-0.4, -0.2) is 45.3 Å². The molecule has 0 aliphatic rings. The van der Waals surface area contributed by atoms with Crippen molar-refractivity contribution in [3.05, 3.63) is 0 Å². The van der Waals surface area contributed by atoms with Gasteiger partial charge in [-0.25, -0.2) is 0 Å². The van der Waals surface area contributed by atoms with Crippen LogP contribution in [0.3, 0.4) is 0 Å². The molecule has 0 unspecified atom stereocenters. The largest absolute Gasteiger partial charge is 0.412 e. The number of rotatable bonds is 0. The molecule has 0 aliphatic heterocycles. The van der Waals surface area contributed by atoms with Gasteiger partial charge >= 0.3 is 0 Å². The minimum Gasteiger partial charge on any atom is -0.412 e. The van der Waals surface area contributed by atoms with E-state index < -0.39 is 0 Å². The molecule has 0 fully saturated rings. The zero-order valence-corrected chi connectivity index (χ0v) is 12.2. The summed E-state index contributed by atoms with van der Waals surface area (Å²) in [6.45, 7) is 3.86. The molecule has 0 aromatic carbocycles. The van der Waals surface area contributed by atoms with Crippen LogP contribution in [0.5, 0.6) is 0 Å². The molecule has 0 spiro atoms. The van der Waals surface area contributed by atoms with E-state index in [0.29, 0.717) is 0 Å². The molecule has 6 nitrogen and oxygen atoms in total. The van der Waals surface area contributed by atoms with Crippen molar-refractivity contribution in [3.63, 3.8) is 0 Å². The van der Waals surface area contributed by atoms with Crippen LogP contribution in [0.15, 0.2) is 0 Å². The predicted molar refractivity (Wildman–Crippen MR) is 40.0 cm³/mol. The summed E-state index contributed by atoms with van der Waals surface area (Å²) in [4.78, 5) is 0. The molecule has 0 rings (SSSR count). The predicted octanol–water partition coefficient (Wildman–Crippen LogP) is -3.31. The van der Waals surface area contributed by atoms with Crippen LogP contribution < -0.4 is 0 Å². The molecule has 0 aromatic rings. The second-order valence-electron chi connectivity index (χ2n) is 0.632. The Hall–Kier alpha value is 1.53. The SMILES string of the molecule is CCO.CCO.O.O.O.O.[Zr].[Zr]. The van der Waals surface area contributed by atoms with Crippen molar-refractivity contribution < 1.29 is 84.5 Å². The summed E-state index contributed by atoms with van der Waals surface area (Å²) >= 11 is 0. The third kappa shape index (κ3) is 548. The molecule has 0 aliphatic carbocycles. The van der Waals surface area contributed by atoms with E-state index in [0.717, 1.165) is 0 Å². The van der Waals surface area contributed by atoms with Gasteiger partial charge in [0, 0.05) is 65.6 Å². The van der Waals surface area contributed by atoms with E-state index in [1.54, 1.807) is 13.8 Å². The first-order chi connectivity index (χ1) is 2.83. The van der Waals surface area contributed by atoms with E-state index in [9.17, 15) is 0 Å². The fraction of sp³-hybridized carbons (Fsp3) is 1.00. The summed E-state index contributed by atoms with van der Waals surface area (Å²) < 4.78 is 0. The van der Waals surface area contributed by atoms with Gasteiger partial charge in [-0.05, 0) is 13.8 Å². The van der Waals surface area contributed by atoms with Gasteiger partial charge in [-0.2, -0.15) is 0 Å². The fourth-order valence-corrected chi connectivity index (χ4v) is 0. The summed E-state index contributed by atoms with van der Waals surface area (Å²) in [7, 11) is 0. The number of hydrogen-bond donors (Lipinski definition) is 2. The monoisotopic (exact) mass is 344 g/mol. The van der Waals surface area contributed by atoms with E-state index in [4.69, 9.17) is 10.2 Å². The molecule has 0 saturated carbocycles. The second kappa shape index (κ2) is 134. The summed E-state index contributed by atoms with van der Waals surface area (Å²) in [6, 6.07) is 0. The van der Waals surface area contributed by atoms with Gasteiger partial charge in [-0.15, -0.1) is 0 Å². The average molecular weight is 347 g/mol. The van der Waals surface area contributed by atoms with Gasteiger partial charge in [-0.3, -0.25) is 0 Å². The summed E-state index contributed by atoms with van der Waals surface area (Å²) in [5.74, 6) is 0. The van der Waals surface area contributed by atoms with Crippen LogP contribution in [0.1, 0.15) is 13.8 Å². The van der Waals surface area contributed by atoms with Crippen molar-refractivity contribution in [2.75, 3.05) is 13.2 Å². The Morgan fingerprint density at radius 1 is 0.667 bits per heavy atom. The molecule has 0 aromatic heterocycles. The number of aliphatic hydroxyl groups excluding tert-OH is 2. The minimum atomic E-state index is 0. The third-order valence-electron chi connectivity index (χ3n) is 0. The number of hydrogen-bond acceptors (Lipinski definition) is 2. The van der Waals surface area contributed by atoms with Gasteiger partial charge in [0.05, 0.1) is 0 Å². The maximum absolute atomic E-state index is 7.57. The first kappa shape index (κ1) is 69.5. The van der Waals surface area contributed by atoms with Gasteiger partial charge in [0.1, 0.15) is 0 Å². The normalized spacial score (nSPS) is 3.00. The average Bonchev–Trinajstić information content (AvgIpc) is 1.39. The molecule has 0 saturated heterocycles. The quantitative estimate of drug-likeness (QED) is 0.469. The molecule has 10 N–H and O–H groups in total. The first-order valence-electron chi connectivity index (χ1n) is 2.05. The molecule has 0 radical (unpaired) electrons. The van der Waals surface area contributed by atoms with Crippen molar-refractivity contribution in [1.82, 2.24) is 0 Å². The van der Waals surface area contributed by atoms with Crippen molar-refractivity contribution in [1.29, 1.82) is 0 Å². The van der Waals surface area contributed by atoms with Crippen molar-refractivity contribution >= 4 is 0 Å². The molecule has 8 heteroatoms. The van der Waals surface area contributed by atoms with Crippen molar-refractivity contribution in [2.45, 2.75) is 13.8 Å². The van der Waals surface area contributed by atoms with Gasteiger partial charge < -0.3 is 32.1 Å². The zero-order valence-electron chi connectivity index (χ0n) is 7.31. The van der Waals surface area contributed by atoms with Crippen LogP contribution in [0, 0.1) is 0 Å². The molecule has 0 bridgehead atoms. The standard InChI is InChI=1S/2C2H6O.4H2O.2Zr/c2*1-2-3;;;;;;/h2*3H,2H2,1H3;4*1H2;;. The van der Waals surface area contributed by atoms with E-state index in [-0.39, 0.29) is 87.5 Å². The Morgan fingerprint density at radius 3 is 0.667 bits per heavy atom. The Labute approximate surface area is 111 Å². The molecule has 0 amide bonds. The summed E-state index contributed by atoms with van der Waals surface area (Å²) in [6.07, 6.45) is 0. The Bertz CT molecular complexity index is 19.5. The Kier molecular flexibility index (Phi) is 775. The molecule has 0 heterocycles. The minimum absolute atomic E-state index is 0. The summed E-state index contributed by atoms with van der Waals surface area (Å²) in [5, 5.41) is 15.1. The number of aliphatic hydroxyl groups is 2. The van der Waals surface area contributed by atoms with Gasteiger partial charge in [-0.1, -0.05) is 0 Å². The molecular formula is C4H20O6Zr2. The van der Waals surface area contributed by atoms with E-state index in [2.05, 4.69) is 0 Å². The molecule has 12 heavy (non-hydrogen) atoms. The zero-order chi connectivity index (χ0) is 5.41. The molecule has 80 valence electrons. The van der Waals surface area contributed by atoms with Gasteiger partial charge in [0.2, 0.25) is 0 Å². The molecule has 0 atom stereocenters. The van der Waals surface area contributed by atoms with Gasteiger partial charge in [0.15, 0.2) is 0 Å². The van der Waals surface area contributed by atoms with Gasteiger partial charge in [0.25, 0.3) is 0 Å². The van der Waals surface area contributed by atoms with Crippen LogP contribution >= 0.6 is 0 Å². The van der Waals surface area contributed by atoms with Crippen LogP contribution in [0.2, 0.25) is 0 Å². The van der Waals surface area contributed by atoms with E-state index in [1.807, 2.05) is 0 Å². The van der Waals surface area contributed by atoms with Crippen LogP contribution in [-0.2, 0) is 52.4 Å². The fourth-order valence-electron chi connectivity index (χ4n) is 0. The smallest absolute Gasteiger partial charge is 0.0402 e. The van der Waals surface area contributed by atoms with E-state index in [1.165, 1.54) is 0 Å². The summed E-state index contributed by atoms with van der Waals surface area (Å²) in [5.41, 5.74) is 0. The van der Waals surface area contributed by atoms with Crippen molar-refractivity contribution in [3.8, 4) is 0 Å². The third-order valence-corrected chi connectivity index (χ3v) is 0.